The highest BCUT2D eigenvalue weighted by molar-refractivity contribution is 7.90. The smallest absolute Gasteiger partial charge is 0.303 e. The SMILES string of the molecule is CS(=O)(=O)c1ccc2nc(CCCC(=O)O)[nH]c2c1. The molecule has 0 atom stereocenters. The van der Waals surface area contributed by atoms with E-state index in [9.17, 15) is 13.2 Å². The number of fused-ring (bicyclic) bond motifs is 1. The summed E-state index contributed by atoms with van der Waals surface area (Å²) in [6.45, 7) is 0. The van der Waals surface area contributed by atoms with Crippen molar-refractivity contribution in [3.8, 4) is 0 Å². The van der Waals surface area contributed by atoms with Crippen molar-refractivity contribution >= 4 is 26.8 Å². The van der Waals surface area contributed by atoms with Gasteiger partial charge in [0.1, 0.15) is 5.82 Å². The van der Waals surface area contributed by atoms with E-state index in [2.05, 4.69) is 9.97 Å². The lowest BCUT2D eigenvalue weighted by Crippen LogP contribution is -1.96. The Morgan fingerprint density at radius 2 is 2.16 bits per heavy atom. The molecule has 2 aromatic rings. The molecule has 0 saturated heterocycles. The Bertz CT molecular complexity index is 718. The summed E-state index contributed by atoms with van der Waals surface area (Å²) in [5.41, 5.74) is 1.32. The van der Waals surface area contributed by atoms with E-state index in [1.165, 1.54) is 6.07 Å². The number of aliphatic carboxylic acids is 1. The summed E-state index contributed by atoms with van der Waals surface area (Å²) in [5, 5.41) is 8.56. The zero-order valence-electron chi connectivity index (χ0n) is 10.4. The molecule has 2 N–H and O–H groups in total. The first kappa shape index (κ1) is 13.5. The third kappa shape index (κ3) is 3.31. The normalized spacial score (nSPS) is 11.8. The van der Waals surface area contributed by atoms with Gasteiger partial charge in [-0.15, -0.1) is 0 Å². The molecule has 0 aliphatic carbocycles. The molecule has 1 aromatic heterocycles. The number of carboxylic acid groups (broad SMARTS) is 1. The van der Waals surface area contributed by atoms with E-state index < -0.39 is 15.8 Å². The minimum atomic E-state index is -3.24. The molecule has 0 fully saturated rings. The predicted molar refractivity (Wildman–Crippen MR) is 69.8 cm³/mol. The third-order valence-electron chi connectivity index (χ3n) is 2.73. The van der Waals surface area contributed by atoms with Crippen LogP contribution in [-0.2, 0) is 21.1 Å². The van der Waals surface area contributed by atoms with Gasteiger partial charge in [-0.2, -0.15) is 0 Å². The Balaban J connectivity index is 2.23. The standard InChI is InChI=1S/C12H14N2O4S/c1-19(17,18)8-5-6-9-10(7-8)14-11(13-9)3-2-4-12(15)16/h5-7H,2-4H2,1H3,(H,13,14)(H,15,16). The molecule has 1 heterocycles. The fourth-order valence-corrected chi connectivity index (χ4v) is 2.44. The molecule has 0 unspecified atom stereocenters. The second kappa shape index (κ2) is 5.00. The average molecular weight is 282 g/mol. The Hall–Kier alpha value is -1.89. The van der Waals surface area contributed by atoms with Crippen LogP contribution in [0.4, 0.5) is 0 Å². The van der Waals surface area contributed by atoms with Gasteiger partial charge in [-0.3, -0.25) is 4.79 Å². The number of hydrogen-bond acceptors (Lipinski definition) is 4. The summed E-state index contributed by atoms with van der Waals surface area (Å²) in [5.74, 6) is -0.169. The lowest BCUT2D eigenvalue weighted by Gasteiger charge is -1.96. The number of H-pyrrole nitrogens is 1. The number of nitrogens with zero attached hydrogens (tertiary/aromatic N) is 1. The Kier molecular flexibility index (Phi) is 3.57. The molecule has 0 radical (unpaired) electrons. The van der Waals surface area contributed by atoms with Gasteiger partial charge in [-0.1, -0.05) is 0 Å². The summed E-state index contributed by atoms with van der Waals surface area (Å²) < 4.78 is 22.9. The summed E-state index contributed by atoms with van der Waals surface area (Å²) in [7, 11) is -3.24. The van der Waals surface area contributed by atoms with Crippen molar-refractivity contribution in [2.45, 2.75) is 24.2 Å². The third-order valence-corrected chi connectivity index (χ3v) is 3.85. The maximum atomic E-state index is 11.4. The number of sulfone groups is 1. The molecule has 6 nitrogen and oxygen atoms in total. The first-order valence-corrected chi connectivity index (χ1v) is 7.66. The van der Waals surface area contributed by atoms with E-state index in [0.29, 0.717) is 29.7 Å². The van der Waals surface area contributed by atoms with Crippen molar-refractivity contribution in [1.29, 1.82) is 0 Å². The maximum Gasteiger partial charge on any atom is 0.303 e. The monoisotopic (exact) mass is 282 g/mol. The minimum absolute atomic E-state index is 0.0889. The number of aromatic amines is 1. The molecule has 0 aliphatic heterocycles. The van der Waals surface area contributed by atoms with Crippen LogP contribution >= 0.6 is 0 Å². The topological polar surface area (TPSA) is 100 Å². The van der Waals surface area contributed by atoms with Crippen molar-refractivity contribution in [2.24, 2.45) is 0 Å². The number of hydrogen-bond donors (Lipinski definition) is 2. The van der Waals surface area contributed by atoms with E-state index in [1.807, 2.05) is 0 Å². The highest BCUT2D eigenvalue weighted by Gasteiger charge is 2.10. The first-order valence-electron chi connectivity index (χ1n) is 5.77. The van der Waals surface area contributed by atoms with E-state index in [-0.39, 0.29) is 11.3 Å². The van der Waals surface area contributed by atoms with Crippen LogP contribution in [-0.4, -0.2) is 35.7 Å². The van der Waals surface area contributed by atoms with Crippen LogP contribution in [0, 0.1) is 0 Å². The van der Waals surface area contributed by atoms with Gasteiger partial charge < -0.3 is 10.1 Å². The second-order valence-corrected chi connectivity index (χ2v) is 6.40. The Morgan fingerprint density at radius 3 is 2.79 bits per heavy atom. The van der Waals surface area contributed by atoms with E-state index in [4.69, 9.17) is 5.11 Å². The van der Waals surface area contributed by atoms with Crippen molar-refractivity contribution in [1.82, 2.24) is 9.97 Å². The summed E-state index contributed by atoms with van der Waals surface area (Å²) in [4.78, 5) is 18.0. The zero-order chi connectivity index (χ0) is 14.0. The Labute approximate surface area is 110 Å². The van der Waals surface area contributed by atoms with Gasteiger partial charge in [0.05, 0.1) is 15.9 Å². The van der Waals surface area contributed by atoms with Crippen LogP contribution in [0.2, 0.25) is 0 Å². The summed E-state index contributed by atoms with van der Waals surface area (Å²) in [6.07, 6.45) is 2.26. The molecule has 0 amide bonds. The molecule has 7 heteroatoms. The predicted octanol–water partition coefficient (Wildman–Crippen LogP) is 1.37. The minimum Gasteiger partial charge on any atom is -0.481 e. The van der Waals surface area contributed by atoms with Gasteiger partial charge in [-0.05, 0) is 24.6 Å². The zero-order valence-corrected chi connectivity index (χ0v) is 11.2. The highest BCUT2D eigenvalue weighted by Crippen LogP contribution is 2.18. The number of carbonyl (C=O) groups is 1. The lowest BCUT2D eigenvalue weighted by atomic mass is 10.2. The number of rotatable bonds is 5. The van der Waals surface area contributed by atoms with Crippen LogP contribution in [0.1, 0.15) is 18.7 Å². The van der Waals surface area contributed by atoms with Crippen molar-refractivity contribution in [3.63, 3.8) is 0 Å². The van der Waals surface area contributed by atoms with Gasteiger partial charge in [0.25, 0.3) is 0 Å². The molecule has 102 valence electrons. The molecule has 19 heavy (non-hydrogen) atoms. The fraction of sp³-hybridized carbons (Fsp3) is 0.333. The molecule has 0 spiro atoms. The highest BCUT2D eigenvalue weighted by atomic mass is 32.2. The Morgan fingerprint density at radius 1 is 1.42 bits per heavy atom. The van der Waals surface area contributed by atoms with E-state index >= 15 is 0 Å². The molecule has 2 rings (SSSR count). The molecule has 0 bridgehead atoms. The fourth-order valence-electron chi connectivity index (χ4n) is 1.80. The van der Waals surface area contributed by atoms with Gasteiger partial charge in [0, 0.05) is 19.1 Å². The average Bonchev–Trinajstić information content (AvgIpc) is 2.68. The number of nitrogens with one attached hydrogen (secondary N) is 1. The van der Waals surface area contributed by atoms with Crippen LogP contribution < -0.4 is 0 Å². The first-order chi connectivity index (χ1) is 8.86. The molecule has 0 aliphatic rings. The van der Waals surface area contributed by atoms with Gasteiger partial charge in [0.2, 0.25) is 0 Å². The number of benzene rings is 1. The number of aryl methyl sites for hydroxylation is 1. The molecule has 1 aromatic carbocycles. The van der Waals surface area contributed by atoms with Crippen LogP contribution in [0.25, 0.3) is 11.0 Å². The van der Waals surface area contributed by atoms with Gasteiger partial charge in [-0.25, -0.2) is 13.4 Å². The van der Waals surface area contributed by atoms with Crippen LogP contribution in [0.5, 0.6) is 0 Å². The lowest BCUT2D eigenvalue weighted by molar-refractivity contribution is -0.137. The quantitative estimate of drug-likeness (QED) is 0.862. The van der Waals surface area contributed by atoms with E-state index in [1.54, 1.807) is 12.1 Å². The number of imidazole rings is 1. The van der Waals surface area contributed by atoms with Gasteiger partial charge >= 0.3 is 5.97 Å². The second-order valence-electron chi connectivity index (χ2n) is 4.38. The summed E-state index contributed by atoms with van der Waals surface area (Å²) in [6, 6.07) is 4.70. The van der Waals surface area contributed by atoms with Gasteiger partial charge in [0.15, 0.2) is 9.84 Å². The number of aromatic nitrogens is 2. The maximum absolute atomic E-state index is 11.4. The largest absolute Gasteiger partial charge is 0.481 e. The van der Waals surface area contributed by atoms with Crippen molar-refractivity contribution < 1.29 is 18.3 Å². The van der Waals surface area contributed by atoms with Crippen LogP contribution in [0.3, 0.4) is 0 Å². The molecule has 0 saturated carbocycles. The van der Waals surface area contributed by atoms with Crippen LogP contribution in [0.15, 0.2) is 23.1 Å². The molecular formula is C12H14N2O4S. The number of carboxylic acids is 1. The van der Waals surface area contributed by atoms with E-state index in [0.717, 1.165) is 6.26 Å². The van der Waals surface area contributed by atoms with Crippen molar-refractivity contribution in [2.75, 3.05) is 6.26 Å². The molecular weight excluding hydrogens is 268 g/mol. The summed E-state index contributed by atoms with van der Waals surface area (Å²) >= 11 is 0. The van der Waals surface area contributed by atoms with Crippen molar-refractivity contribution in [3.05, 3.63) is 24.0 Å².